The highest BCUT2D eigenvalue weighted by Crippen LogP contribution is 2.26. The smallest absolute Gasteiger partial charge is 0.267 e. The van der Waals surface area contributed by atoms with Crippen LogP contribution < -0.4 is 11.1 Å². The van der Waals surface area contributed by atoms with E-state index in [0.29, 0.717) is 11.3 Å². The molecular formula is C17H13N3O3. The van der Waals surface area contributed by atoms with Gasteiger partial charge in [-0.05, 0) is 41.8 Å². The number of hydrogen-bond acceptors (Lipinski definition) is 4. The normalized spacial score (nSPS) is 10.4. The quantitative estimate of drug-likeness (QED) is 0.690. The number of aromatic hydroxyl groups is 1. The molecule has 0 atom stereocenters. The first-order valence-electron chi connectivity index (χ1n) is 6.83. The summed E-state index contributed by atoms with van der Waals surface area (Å²) in [6.45, 7) is 0. The fourth-order valence-corrected chi connectivity index (χ4v) is 2.25. The molecule has 0 radical (unpaired) electrons. The zero-order valence-electron chi connectivity index (χ0n) is 12.0. The van der Waals surface area contributed by atoms with Crippen molar-refractivity contribution in [2.75, 3.05) is 5.32 Å². The number of carbonyl (C=O) groups is 2. The molecular weight excluding hydrogens is 294 g/mol. The zero-order chi connectivity index (χ0) is 16.4. The highest BCUT2D eigenvalue weighted by Gasteiger charge is 2.10. The van der Waals surface area contributed by atoms with Crippen molar-refractivity contribution in [2.24, 2.45) is 5.73 Å². The summed E-state index contributed by atoms with van der Waals surface area (Å²) in [5.74, 6) is -0.841. The predicted octanol–water partition coefficient (Wildman–Crippen LogP) is 2.29. The topological polar surface area (TPSA) is 105 Å². The Morgan fingerprint density at radius 3 is 2.61 bits per heavy atom. The number of amides is 2. The number of primary amides is 1. The molecule has 0 fully saturated rings. The summed E-state index contributed by atoms with van der Waals surface area (Å²) >= 11 is 0. The van der Waals surface area contributed by atoms with Crippen molar-refractivity contribution in [3.63, 3.8) is 0 Å². The molecule has 0 bridgehead atoms. The number of nitrogens with zero attached hydrogens (tertiary/aromatic N) is 1. The molecule has 0 aliphatic heterocycles. The summed E-state index contributed by atoms with van der Waals surface area (Å²) in [4.78, 5) is 27.1. The number of nitrogens with two attached hydrogens (primary N) is 1. The lowest BCUT2D eigenvalue weighted by molar-refractivity contribution is 0.0990. The maximum absolute atomic E-state index is 12.3. The summed E-state index contributed by atoms with van der Waals surface area (Å²) in [7, 11) is 0. The Morgan fingerprint density at radius 1 is 1.09 bits per heavy atom. The van der Waals surface area contributed by atoms with Crippen LogP contribution in [0.4, 0.5) is 5.69 Å². The summed E-state index contributed by atoms with van der Waals surface area (Å²) in [5, 5.41) is 13.9. The fourth-order valence-electron chi connectivity index (χ4n) is 2.25. The lowest BCUT2D eigenvalue weighted by Gasteiger charge is -2.09. The van der Waals surface area contributed by atoms with E-state index in [0.717, 1.165) is 10.8 Å². The van der Waals surface area contributed by atoms with Crippen LogP contribution in [0.2, 0.25) is 0 Å². The third-order valence-electron chi connectivity index (χ3n) is 3.39. The van der Waals surface area contributed by atoms with Crippen molar-refractivity contribution in [3.05, 3.63) is 66.0 Å². The monoisotopic (exact) mass is 307 g/mol. The van der Waals surface area contributed by atoms with Crippen LogP contribution in [-0.4, -0.2) is 21.9 Å². The number of aromatic nitrogens is 1. The molecule has 6 nitrogen and oxygen atoms in total. The van der Waals surface area contributed by atoms with Gasteiger partial charge in [-0.15, -0.1) is 0 Å². The number of anilines is 1. The SMILES string of the molecule is NC(=O)c1ccc(C(=O)Nc2cccc3cc(O)ccc23)cn1. The van der Waals surface area contributed by atoms with Crippen LogP contribution >= 0.6 is 0 Å². The number of nitrogens with one attached hydrogen (secondary N) is 1. The lowest BCUT2D eigenvalue weighted by atomic mass is 10.1. The molecule has 0 spiro atoms. The maximum atomic E-state index is 12.3. The van der Waals surface area contributed by atoms with Crippen LogP contribution in [0.15, 0.2) is 54.7 Å². The van der Waals surface area contributed by atoms with Gasteiger partial charge in [-0.3, -0.25) is 14.6 Å². The van der Waals surface area contributed by atoms with Crippen molar-refractivity contribution in [1.82, 2.24) is 4.98 Å². The van der Waals surface area contributed by atoms with Crippen molar-refractivity contribution in [3.8, 4) is 5.75 Å². The third-order valence-corrected chi connectivity index (χ3v) is 3.39. The van der Waals surface area contributed by atoms with Crippen molar-refractivity contribution >= 4 is 28.3 Å². The van der Waals surface area contributed by atoms with E-state index < -0.39 is 5.91 Å². The highest BCUT2D eigenvalue weighted by molar-refractivity contribution is 6.09. The number of benzene rings is 2. The van der Waals surface area contributed by atoms with Gasteiger partial charge in [-0.2, -0.15) is 0 Å². The molecule has 0 aliphatic rings. The molecule has 23 heavy (non-hydrogen) atoms. The van der Waals surface area contributed by atoms with Crippen molar-refractivity contribution in [1.29, 1.82) is 0 Å². The minimum absolute atomic E-state index is 0.0992. The first-order chi connectivity index (χ1) is 11.0. The summed E-state index contributed by atoms with van der Waals surface area (Å²) < 4.78 is 0. The second-order valence-electron chi connectivity index (χ2n) is 4.96. The van der Waals surface area contributed by atoms with Gasteiger partial charge in [-0.1, -0.05) is 12.1 Å². The minimum Gasteiger partial charge on any atom is -0.508 e. The van der Waals surface area contributed by atoms with E-state index in [2.05, 4.69) is 10.3 Å². The number of rotatable bonds is 3. The van der Waals surface area contributed by atoms with Gasteiger partial charge in [0.25, 0.3) is 11.8 Å². The molecule has 2 amide bonds. The Bertz CT molecular complexity index is 905. The number of phenolic OH excluding ortho intramolecular Hbond substituents is 1. The third kappa shape index (κ3) is 2.96. The average Bonchev–Trinajstić information content (AvgIpc) is 2.54. The molecule has 3 rings (SSSR count). The Balaban J connectivity index is 1.89. The van der Waals surface area contributed by atoms with Crippen LogP contribution in [-0.2, 0) is 0 Å². The van der Waals surface area contributed by atoms with E-state index in [4.69, 9.17) is 5.73 Å². The van der Waals surface area contributed by atoms with Crippen LogP contribution in [0.3, 0.4) is 0 Å². The van der Waals surface area contributed by atoms with Gasteiger partial charge < -0.3 is 16.2 Å². The van der Waals surface area contributed by atoms with Gasteiger partial charge in [0.15, 0.2) is 0 Å². The highest BCUT2D eigenvalue weighted by atomic mass is 16.3. The number of carbonyl (C=O) groups excluding carboxylic acids is 2. The molecule has 114 valence electrons. The van der Waals surface area contributed by atoms with Gasteiger partial charge in [0.1, 0.15) is 11.4 Å². The molecule has 2 aromatic carbocycles. The number of fused-ring (bicyclic) bond motifs is 1. The summed E-state index contributed by atoms with van der Waals surface area (Å²) in [5.41, 5.74) is 6.14. The van der Waals surface area contributed by atoms with Crippen LogP contribution in [0.25, 0.3) is 10.8 Å². The number of phenols is 1. The lowest BCUT2D eigenvalue weighted by Crippen LogP contribution is -2.16. The van der Waals surface area contributed by atoms with E-state index in [1.54, 1.807) is 30.3 Å². The zero-order valence-corrected chi connectivity index (χ0v) is 12.0. The van der Waals surface area contributed by atoms with Crippen LogP contribution in [0.5, 0.6) is 5.75 Å². The van der Waals surface area contributed by atoms with Gasteiger partial charge in [0.05, 0.1) is 5.56 Å². The molecule has 1 heterocycles. The van der Waals surface area contributed by atoms with Gasteiger partial charge >= 0.3 is 0 Å². The Morgan fingerprint density at radius 2 is 1.91 bits per heavy atom. The summed E-state index contributed by atoms with van der Waals surface area (Å²) in [6, 6.07) is 13.2. The number of hydrogen-bond donors (Lipinski definition) is 3. The molecule has 0 aliphatic carbocycles. The first kappa shape index (κ1) is 14.5. The van der Waals surface area contributed by atoms with E-state index in [1.165, 1.54) is 18.3 Å². The first-order valence-corrected chi connectivity index (χ1v) is 6.83. The molecule has 3 aromatic rings. The van der Waals surface area contributed by atoms with E-state index in [9.17, 15) is 14.7 Å². The largest absolute Gasteiger partial charge is 0.508 e. The Hall–Kier alpha value is -3.41. The molecule has 0 saturated heterocycles. The van der Waals surface area contributed by atoms with E-state index >= 15 is 0 Å². The fraction of sp³-hybridized carbons (Fsp3) is 0. The predicted molar refractivity (Wildman–Crippen MR) is 86.3 cm³/mol. The van der Waals surface area contributed by atoms with Crippen LogP contribution in [0.1, 0.15) is 20.8 Å². The summed E-state index contributed by atoms with van der Waals surface area (Å²) in [6.07, 6.45) is 1.30. The second kappa shape index (κ2) is 5.76. The molecule has 6 heteroatoms. The maximum Gasteiger partial charge on any atom is 0.267 e. The van der Waals surface area contributed by atoms with Gasteiger partial charge in [-0.25, -0.2) is 0 Å². The minimum atomic E-state index is -0.647. The van der Waals surface area contributed by atoms with Crippen molar-refractivity contribution in [2.45, 2.75) is 0 Å². The van der Waals surface area contributed by atoms with E-state index in [1.807, 2.05) is 6.07 Å². The molecule has 0 unspecified atom stereocenters. The Kier molecular flexibility index (Phi) is 3.64. The Labute approximate surface area is 131 Å². The average molecular weight is 307 g/mol. The van der Waals surface area contributed by atoms with Crippen molar-refractivity contribution < 1.29 is 14.7 Å². The second-order valence-corrected chi connectivity index (χ2v) is 4.96. The molecule has 1 aromatic heterocycles. The molecule has 0 saturated carbocycles. The van der Waals surface area contributed by atoms with Crippen LogP contribution in [0, 0.1) is 0 Å². The molecule has 4 N–H and O–H groups in total. The van der Waals surface area contributed by atoms with E-state index in [-0.39, 0.29) is 17.4 Å². The number of pyridine rings is 1. The van der Waals surface area contributed by atoms with Gasteiger partial charge in [0, 0.05) is 17.3 Å². The standard InChI is InChI=1S/C17H13N3O3/c18-16(22)15-7-4-11(9-19-15)17(23)20-14-3-1-2-10-8-12(21)5-6-13(10)14/h1-9,21H,(H2,18,22)(H,20,23). The van der Waals surface area contributed by atoms with Gasteiger partial charge in [0.2, 0.25) is 0 Å².